The summed E-state index contributed by atoms with van der Waals surface area (Å²) in [5.41, 5.74) is 0. The summed E-state index contributed by atoms with van der Waals surface area (Å²) in [6.07, 6.45) is 3.51. The molecule has 0 rings (SSSR count). The Labute approximate surface area is 54.7 Å². The lowest BCUT2D eigenvalue weighted by Gasteiger charge is -2.13. The molecule has 0 fully saturated rings. The monoisotopic (exact) mass is 133 g/mol. The Hall–Kier alpha value is 0.310. The number of rotatable bonds is 3. The first-order valence-corrected chi connectivity index (χ1v) is 4.46. The van der Waals surface area contributed by atoms with E-state index in [1.165, 1.54) is 0 Å². The molecule has 0 saturated heterocycles. The van der Waals surface area contributed by atoms with Crippen LogP contribution >= 0.6 is 0 Å². The van der Waals surface area contributed by atoms with Gasteiger partial charge in [-0.25, -0.2) is 0 Å². The van der Waals surface area contributed by atoms with E-state index in [1.54, 1.807) is 6.26 Å². The van der Waals surface area contributed by atoms with Crippen LogP contribution in [0.25, 0.3) is 0 Å². The van der Waals surface area contributed by atoms with Gasteiger partial charge >= 0.3 is 0 Å². The molecule has 0 aliphatic rings. The molecule has 8 heavy (non-hydrogen) atoms. The van der Waals surface area contributed by atoms with Gasteiger partial charge in [0.2, 0.25) is 0 Å². The van der Waals surface area contributed by atoms with Crippen LogP contribution in [0.4, 0.5) is 0 Å². The van der Waals surface area contributed by atoms with E-state index >= 15 is 0 Å². The van der Waals surface area contributed by atoms with Crippen molar-refractivity contribution in [2.75, 3.05) is 6.26 Å². The molecule has 0 N–H and O–H groups in total. The molecule has 0 bridgehead atoms. The van der Waals surface area contributed by atoms with Crippen LogP contribution in [0.1, 0.15) is 19.8 Å². The molecule has 1 nitrogen and oxygen atoms in total. The fourth-order valence-corrected chi connectivity index (χ4v) is 1.41. The highest BCUT2D eigenvalue weighted by atomic mass is 32.2. The van der Waals surface area contributed by atoms with Crippen LogP contribution < -0.4 is 0 Å². The zero-order valence-corrected chi connectivity index (χ0v) is 6.33. The summed E-state index contributed by atoms with van der Waals surface area (Å²) in [5, 5.41) is 0.315. The lowest BCUT2D eigenvalue weighted by Crippen LogP contribution is -2.17. The van der Waals surface area contributed by atoms with Crippen molar-refractivity contribution in [3.05, 3.63) is 6.92 Å². The normalized spacial score (nSPS) is 14.6. The standard InChI is InChI=1S/C6H13OS/c1-4-6(5-2)8(3)7/h6H,1,4-5H2,2-3H3. The van der Waals surface area contributed by atoms with E-state index in [0.717, 1.165) is 12.8 Å². The van der Waals surface area contributed by atoms with Gasteiger partial charge in [0.05, 0.1) is 6.26 Å². The van der Waals surface area contributed by atoms with Crippen molar-refractivity contribution in [2.45, 2.75) is 25.0 Å². The number of hydrogen-bond donors (Lipinski definition) is 0. The molecule has 0 aromatic carbocycles. The summed E-state index contributed by atoms with van der Waals surface area (Å²) >= 11 is -0.666. The number of hydrogen-bond acceptors (Lipinski definition) is 1. The molecule has 0 aliphatic carbocycles. The van der Waals surface area contributed by atoms with Crippen LogP contribution in [-0.4, -0.2) is 16.1 Å². The third kappa shape index (κ3) is 2.58. The van der Waals surface area contributed by atoms with Crippen LogP contribution in [0, 0.1) is 6.92 Å². The van der Waals surface area contributed by atoms with Crippen molar-refractivity contribution in [3.63, 3.8) is 0 Å². The third-order valence-electron chi connectivity index (χ3n) is 1.25. The van der Waals surface area contributed by atoms with Crippen molar-refractivity contribution in [1.29, 1.82) is 0 Å². The molecule has 1 radical (unpaired) electrons. The van der Waals surface area contributed by atoms with Crippen LogP contribution in [0.2, 0.25) is 0 Å². The molecule has 0 aliphatic heterocycles. The van der Waals surface area contributed by atoms with Gasteiger partial charge in [0.15, 0.2) is 0 Å². The summed E-state index contributed by atoms with van der Waals surface area (Å²) in [6, 6.07) is 0. The Morgan fingerprint density at radius 2 is 2.25 bits per heavy atom. The van der Waals surface area contributed by atoms with Gasteiger partial charge in [-0.05, 0) is 19.8 Å². The molecule has 0 spiro atoms. The van der Waals surface area contributed by atoms with Crippen molar-refractivity contribution >= 4 is 11.2 Å². The van der Waals surface area contributed by atoms with E-state index in [2.05, 4.69) is 6.92 Å². The lowest BCUT2D eigenvalue weighted by atomic mass is 10.3. The Kier molecular flexibility index (Phi) is 4.38. The molecule has 2 heteroatoms. The van der Waals surface area contributed by atoms with Crippen LogP contribution in [0.15, 0.2) is 0 Å². The first-order chi connectivity index (χ1) is 3.72. The fourth-order valence-electron chi connectivity index (χ4n) is 0.605. The van der Waals surface area contributed by atoms with Crippen LogP contribution in [0.3, 0.4) is 0 Å². The average Bonchev–Trinajstić information content (AvgIpc) is 1.69. The van der Waals surface area contributed by atoms with Crippen molar-refractivity contribution < 1.29 is 4.55 Å². The maximum absolute atomic E-state index is 10.7. The highest BCUT2D eigenvalue weighted by Crippen LogP contribution is 2.06. The van der Waals surface area contributed by atoms with Crippen molar-refractivity contribution in [1.82, 2.24) is 0 Å². The second kappa shape index (κ2) is 4.21. The Morgan fingerprint density at radius 1 is 1.75 bits per heavy atom. The molecule has 0 amide bonds. The zero-order valence-electron chi connectivity index (χ0n) is 5.52. The van der Waals surface area contributed by atoms with Gasteiger partial charge < -0.3 is 4.55 Å². The second-order valence-electron chi connectivity index (χ2n) is 1.82. The maximum atomic E-state index is 10.7. The summed E-state index contributed by atoms with van der Waals surface area (Å²) in [6.45, 7) is 5.72. The molecule has 0 saturated carbocycles. The van der Waals surface area contributed by atoms with Crippen LogP contribution in [-0.2, 0) is 11.2 Å². The van der Waals surface area contributed by atoms with E-state index in [0.29, 0.717) is 5.25 Å². The third-order valence-corrected chi connectivity index (χ3v) is 2.75. The summed E-state index contributed by atoms with van der Waals surface area (Å²) in [5.74, 6) is 0. The Balaban J connectivity index is 3.35. The predicted molar refractivity (Wildman–Crippen MR) is 38.1 cm³/mol. The van der Waals surface area contributed by atoms with Gasteiger partial charge in [-0.1, -0.05) is 18.1 Å². The summed E-state index contributed by atoms with van der Waals surface area (Å²) in [7, 11) is 0. The van der Waals surface area contributed by atoms with Crippen LogP contribution in [0.5, 0.6) is 0 Å². The SMILES string of the molecule is [CH2]CC(CC)[S+](C)[O-]. The molecule has 0 heterocycles. The Bertz CT molecular complexity index is 50.5. The lowest BCUT2D eigenvalue weighted by molar-refractivity contribution is 0.580. The van der Waals surface area contributed by atoms with Crippen molar-refractivity contribution in [3.8, 4) is 0 Å². The molecular weight excluding hydrogens is 120 g/mol. The van der Waals surface area contributed by atoms with Gasteiger partial charge in [0.25, 0.3) is 0 Å². The van der Waals surface area contributed by atoms with Gasteiger partial charge in [0, 0.05) is 0 Å². The van der Waals surface area contributed by atoms with Gasteiger partial charge in [-0.3, -0.25) is 0 Å². The fraction of sp³-hybridized carbons (Fsp3) is 0.833. The summed E-state index contributed by atoms with van der Waals surface area (Å²) < 4.78 is 10.7. The predicted octanol–water partition coefficient (Wildman–Crippen LogP) is 1.37. The van der Waals surface area contributed by atoms with Gasteiger partial charge in [-0.15, -0.1) is 0 Å². The minimum atomic E-state index is -0.666. The molecule has 2 unspecified atom stereocenters. The molecule has 49 valence electrons. The molecule has 0 aromatic heterocycles. The van der Waals surface area contributed by atoms with E-state index in [4.69, 9.17) is 0 Å². The van der Waals surface area contributed by atoms with E-state index in [1.807, 2.05) is 6.92 Å². The maximum Gasteiger partial charge on any atom is 0.115 e. The zero-order chi connectivity index (χ0) is 6.57. The minimum absolute atomic E-state index is 0.315. The topological polar surface area (TPSA) is 23.1 Å². The first-order valence-electron chi connectivity index (χ1n) is 2.83. The Morgan fingerprint density at radius 3 is 2.25 bits per heavy atom. The second-order valence-corrected chi connectivity index (χ2v) is 3.48. The largest absolute Gasteiger partial charge is 0.616 e. The summed E-state index contributed by atoms with van der Waals surface area (Å²) in [4.78, 5) is 0. The van der Waals surface area contributed by atoms with E-state index in [-0.39, 0.29) is 0 Å². The first kappa shape index (κ1) is 8.31. The smallest absolute Gasteiger partial charge is 0.115 e. The average molecular weight is 133 g/mol. The highest BCUT2D eigenvalue weighted by molar-refractivity contribution is 7.91. The van der Waals surface area contributed by atoms with Gasteiger partial charge in [-0.2, -0.15) is 0 Å². The van der Waals surface area contributed by atoms with E-state index in [9.17, 15) is 4.55 Å². The molecule has 2 atom stereocenters. The van der Waals surface area contributed by atoms with Gasteiger partial charge in [0.1, 0.15) is 5.25 Å². The highest BCUT2D eigenvalue weighted by Gasteiger charge is 2.11. The quantitative estimate of drug-likeness (QED) is 0.533. The van der Waals surface area contributed by atoms with Crippen molar-refractivity contribution in [2.24, 2.45) is 0 Å². The molecular formula is C6H13OS. The minimum Gasteiger partial charge on any atom is -0.616 e. The van der Waals surface area contributed by atoms with E-state index < -0.39 is 11.2 Å². The molecule has 0 aromatic rings.